The second-order valence-electron chi connectivity index (χ2n) is 4.79. The summed E-state index contributed by atoms with van der Waals surface area (Å²) in [6.45, 7) is 0. The Balaban J connectivity index is 1.95. The van der Waals surface area contributed by atoms with Gasteiger partial charge in [-0.3, -0.25) is 4.79 Å². The molecular formula is C16H10Cl2IN3O2. The smallest absolute Gasteiger partial charge is 0.256 e. The van der Waals surface area contributed by atoms with Crippen molar-refractivity contribution in [1.29, 1.82) is 0 Å². The lowest BCUT2D eigenvalue weighted by Gasteiger charge is -2.18. The Morgan fingerprint density at radius 1 is 1.17 bits per heavy atom. The topological polar surface area (TPSA) is 57.0 Å². The standard InChI is InChI=1S/C16H10Cl2IN3O2/c17-10-1-6-13(14(18)7-10)15(23)16(22-9-20-8-21-22)24-12-4-2-11(19)3-5-12/h1-9,16H. The van der Waals surface area contributed by atoms with Crippen molar-refractivity contribution in [2.75, 3.05) is 0 Å². The van der Waals surface area contributed by atoms with Gasteiger partial charge in [0.2, 0.25) is 5.78 Å². The van der Waals surface area contributed by atoms with Crippen molar-refractivity contribution in [3.05, 3.63) is 74.3 Å². The maximum absolute atomic E-state index is 12.9. The van der Waals surface area contributed by atoms with Crippen molar-refractivity contribution in [1.82, 2.24) is 14.8 Å². The minimum absolute atomic E-state index is 0.254. The van der Waals surface area contributed by atoms with E-state index in [2.05, 4.69) is 32.7 Å². The van der Waals surface area contributed by atoms with Crippen molar-refractivity contribution < 1.29 is 9.53 Å². The molecule has 0 spiro atoms. The second-order valence-corrected chi connectivity index (χ2v) is 6.88. The summed E-state index contributed by atoms with van der Waals surface area (Å²) in [5.41, 5.74) is 0.298. The molecule has 0 amide bonds. The predicted octanol–water partition coefficient (Wildman–Crippen LogP) is 4.65. The summed E-state index contributed by atoms with van der Waals surface area (Å²) in [7, 11) is 0. The van der Waals surface area contributed by atoms with Gasteiger partial charge in [-0.25, -0.2) is 9.67 Å². The number of nitrogens with zero attached hydrogens (tertiary/aromatic N) is 3. The molecule has 1 heterocycles. The summed E-state index contributed by atoms with van der Waals surface area (Å²) in [6, 6.07) is 12.0. The molecule has 1 atom stereocenters. The summed E-state index contributed by atoms with van der Waals surface area (Å²) in [5.74, 6) is 0.190. The highest BCUT2D eigenvalue weighted by Crippen LogP contribution is 2.27. The average Bonchev–Trinajstić information content (AvgIpc) is 3.08. The van der Waals surface area contributed by atoms with Crippen molar-refractivity contribution in [2.45, 2.75) is 6.23 Å². The van der Waals surface area contributed by atoms with Crippen LogP contribution in [0, 0.1) is 3.57 Å². The van der Waals surface area contributed by atoms with Gasteiger partial charge in [-0.15, -0.1) is 0 Å². The Morgan fingerprint density at radius 3 is 2.54 bits per heavy atom. The van der Waals surface area contributed by atoms with Crippen LogP contribution in [0.1, 0.15) is 16.6 Å². The number of benzene rings is 2. The van der Waals surface area contributed by atoms with Crippen LogP contribution in [-0.2, 0) is 0 Å². The third-order valence-corrected chi connectivity index (χ3v) is 4.43. The zero-order valence-electron chi connectivity index (χ0n) is 12.1. The van der Waals surface area contributed by atoms with Gasteiger partial charge in [0.25, 0.3) is 6.23 Å². The van der Waals surface area contributed by atoms with Crippen LogP contribution in [-0.4, -0.2) is 20.5 Å². The van der Waals surface area contributed by atoms with E-state index >= 15 is 0 Å². The number of ketones is 1. The lowest BCUT2D eigenvalue weighted by Crippen LogP contribution is -2.26. The van der Waals surface area contributed by atoms with Gasteiger partial charge in [0.15, 0.2) is 0 Å². The zero-order chi connectivity index (χ0) is 17.1. The molecule has 1 aromatic heterocycles. The van der Waals surface area contributed by atoms with E-state index in [1.807, 2.05) is 12.1 Å². The van der Waals surface area contributed by atoms with Gasteiger partial charge in [0, 0.05) is 14.2 Å². The SMILES string of the molecule is O=C(c1ccc(Cl)cc1Cl)C(Oc1ccc(I)cc1)n1cncn1. The Bertz CT molecular complexity index is 854. The molecule has 0 radical (unpaired) electrons. The van der Waals surface area contributed by atoms with Gasteiger partial charge in [-0.2, -0.15) is 5.10 Å². The van der Waals surface area contributed by atoms with Crippen LogP contribution in [0.25, 0.3) is 0 Å². The van der Waals surface area contributed by atoms with Crippen LogP contribution in [0.3, 0.4) is 0 Å². The van der Waals surface area contributed by atoms with Gasteiger partial charge in [-0.1, -0.05) is 23.2 Å². The summed E-state index contributed by atoms with van der Waals surface area (Å²) in [5, 5.41) is 4.72. The molecule has 0 fully saturated rings. The quantitative estimate of drug-likeness (QED) is 0.399. The molecule has 0 saturated carbocycles. The number of hydrogen-bond donors (Lipinski definition) is 0. The number of aromatic nitrogens is 3. The number of ether oxygens (including phenoxy) is 1. The van der Waals surface area contributed by atoms with E-state index in [0.717, 1.165) is 3.57 Å². The highest BCUT2D eigenvalue weighted by molar-refractivity contribution is 14.1. The van der Waals surface area contributed by atoms with E-state index < -0.39 is 6.23 Å². The van der Waals surface area contributed by atoms with Crippen LogP contribution in [0.2, 0.25) is 10.0 Å². The van der Waals surface area contributed by atoms with E-state index in [0.29, 0.717) is 16.3 Å². The van der Waals surface area contributed by atoms with Crippen LogP contribution >= 0.6 is 45.8 Å². The van der Waals surface area contributed by atoms with Crippen LogP contribution in [0.4, 0.5) is 0 Å². The van der Waals surface area contributed by atoms with Gasteiger partial charge in [-0.05, 0) is 65.1 Å². The van der Waals surface area contributed by atoms with E-state index in [1.54, 1.807) is 24.3 Å². The van der Waals surface area contributed by atoms with Crippen LogP contribution < -0.4 is 4.74 Å². The molecule has 24 heavy (non-hydrogen) atoms. The summed E-state index contributed by atoms with van der Waals surface area (Å²) < 4.78 is 8.23. The number of halogens is 3. The number of Topliss-reactive ketones (excluding diaryl/α,β-unsaturated/α-hetero) is 1. The molecule has 0 N–H and O–H groups in total. The minimum Gasteiger partial charge on any atom is -0.461 e. The maximum atomic E-state index is 12.9. The maximum Gasteiger partial charge on any atom is 0.256 e. The Hall–Kier alpha value is -1.64. The van der Waals surface area contributed by atoms with Gasteiger partial charge in [0.1, 0.15) is 18.4 Å². The molecule has 122 valence electrons. The molecule has 0 aliphatic heterocycles. The van der Waals surface area contributed by atoms with E-state index in [1.165, 1.54) is 23.4 Å². The van der Waals surface area contributed by atoms with Crippen molar-refractivity contribution in [3.8, 4) is 5.75 Å². The first kappa shape index (κ1) is 17.2. The van der Waals surface area contributed by atoms with Crippen LogP contribution in [0.5, 0.6) is 5.75 Å². The normalized spacial score (nSPS) is 12.0. The predicted molar refractivity (Wildman–Crippen MR) is 99.6 cm³/mol. The molecule has 5 nitrogen and oxygen atoms in total. The lowest BCUT2D eigenvalue weighted by atomic mass is 10.1. The Kier molecular flexibility index (Phi) is 5.37. The van der Waals surface area contributed by atoms with Gasteiger partial charge < -0.3 is 4.74 Å². The summed E-state index contributed by atoms with van der Waals surface area (Å²) >= 11 is 14.2. The first-order chi connectivity index (χ1) is 11.5. The van der Waals surface area contributed by atoms with Crippen molar-refractivity contribution in [2.24, 2.45) is 0 Å². The Morgan fingerprint density at radius 2 is 1.92 bits per heavy atom. The van der Waals surface area contributed by atoms with Gasteiger partial charge >= 0.3 is 0 Å². The summed E-state index contributed by atoms with van der Waals surface area (Å²) in [6.07, 6.45) is 1.73. The molecule has 1 unspecified atom stereocenters. The minimum atomic E-state index is -1.02. The molecule has 3 aromatic rings. The largest absolute Gasteiger partial charge is 0.461 e. The average molecular weight is 474 g/mol. The van der Waals surface area contributed by atoms with Crippen molar-refractivity contribution in [3.63, 3.8) is 0 Å². The third-order valence-electron chi connectivity index (χ3n) is 3.16. The first-order valence-electron chi connectivity index (χ1n) is 6.80. The third kappa shape index (κ3) is 3.88. The molecule has 0 aliphatic rings. The molecule has 8 heteroatoms. The number of carbonyl (C=O) groups excluding carboxylic acids is 1. The highest BCUT2D eigenvalue weighted by Gasteiger charge is 2.26. The molecule has 0 saturated heterocycles. The number of carbonyl (C=O) groups is 1. The molecule has 2 aromatic carbocycles. The molecule has 0 aliphatic carbocycles. The first-order valence-corrected chi connectivity index (χ1v) is 8.63. The monoisotopic (exact) mass is 473 g/mol. The Labute approximate surface area is 161 Å². The van der Waals surface area contributed by atoms with Crippen molar-refractivity contribution >= 4 is 51.6 Å². The zero-order valence-corrected chi connectivity index (χ0v) is 15.7. The van der Waals surface area contributed by atoms with E-state index in [-0.39, 0.29) is 10.8 Å². The summed E-state index contributed by atoms with van der Waals surface area (Å²) in [4.78, 5) is 16.8. The number of rotatable bonds is 5. The second kappa shape index (κ2) is 7.50. The molecule has 3 rings (SSSR count). The fraction of sp³-hybridized carbons (Fsp3) is 0.0625. The molecule has 0 bridgehead atoms. The number of hydrogen-bond acceptors (Lipinski definition) is 4. The fourth-order valence-electron chi connectivity index (χ4n) is 2.03. The van der Waals surface area contributed by atoms with Gasteiger partial charge in [0.05, 0.1) is 5.02 Å². The lowest BCUT2D eigenvalue weighted by molar-refractivity contribution is 0.0619. The van der Waals surface area contributed by atoms with E-state index in [4.69, 9.17) is 27.9 Å². The highest BCUT2D eigenvalue weighted by atomic mass is 127. The van der Waals surface area contributed by atoms with E-state index in [9.17, 15) is 4.79 Å². The van der Waals surface area contributed by atoms with Crippen LogP contribution in [0.15, 0.2) is 55.1 Å². The fourth-order valence-corrected chi connectivity index (χ4v) is 2.89. The molecular weight excluding hydrogens is 464 g/mol.